The van der Waals surface area contributed by atoms with Crippen molar-refractivity contribution in [2.24, 2.45) is 0 Å². The summed E-state index contributed by atoms with van der Waals surface area (Å²) >= 11 is 26.0. The maximum Gasteiger partial charge on any atom is 0.427 e. The van der Waals surface area contributed by atoms with Crippen molar-refractivity contribution in [3.63, 3.8) is 0 Å². The molecule has 0 aliphatic carbocycles. The van der Waals surface area contributed by atoms with Crippen LogP contribution in [0.2, 0.25) is 20.2 Å². The quantitative estimate of drug-likeness (QED) is 0.0485. The number of nitrogens with two attached hydrogens (primary N) is 1. The number of H-pyrrole nitrogens is 1. The summed E-state index contributed by atoms with van der Waals surface area (Å²) in [5, 5.41) is 1.08. The normalized spacial score (nSPS) is 14.3. The molecule has 750 valence electrons. The van der Waals surface area contributed by atoms with Gasteiger partial charge in [-0.3, -0.25) is 19.4 Å². The first-order chi connectivity index (χ1) is 65.7. The minimum absolute atomic E-state index is 0.0108. The van der Waals surface area contributed by atoms with Gasteiger partial charge in [-0.2, -0.15) is 9.97 Å². The van der Waals surface area contributed by atoms with Crippen LogP contribution >= 0.6 is 46.4 Å². The molecule has 36 nitrogen and oxygen atoms in total. The van der Waals surface area contributed by atoms with E-state index in [0.717, 1.165) is 4.57 Å². The van der Waals surface area contributed by atoms with Crippen molar-refractivity contribution in [2.45, 2.75) is 250 Å². The average molecular weight is 2020 g/mol. The summed E-state index contributed by atoms with van der Waals surface area (Å²) in [6.07, 6.45) is -1.65. The van der Waals surface area contributed by atoms with Gasteiger partial charge in [-0.15, -0.1) is 9.80 Å². The van der Waals surface area contributed by atoms with Gasteiger partial charge in [0.05, 0.1) is 93.8 Å². The van der Waals surface area contributed by atoms with Crippen molar-refractivity contribution in [3.05, 3.63) is 200 Å². The maximum atomic E-state index is 15.4. The van der Waals surface area contributed by atoms with Crippen LogP contribution in [0, 0.1) is 11.6 Å². The van der Waals surface area contributed by atoms with E-state index in [-0.39, 0.29) is 170 Å². The van der Waals surface area contributed by atoms with Crippen LogP contribution < -0.4 is 48.0 Å². The summed E-state index contributed by atoms with van der Waals surface area (Å²) in [5.74, 6) is -3.22. The number of halogens is 6. The highest BCUT2D eigenvalue weighted by atomic mass is 35.5. The molecule has 141 heavy (non-hydrogen) atoms. The van der Waals surface area contributed by atoms with E-state index in [1.54, 1.807) is 163 Å². The Kier molecular flexibility index (Phi) is 32.7. The zero-order valence-corrected chi connectivity index (χ0v) is 86.8. The van der Waals surface area contributed by atoms with Crippen molar-refractivity contribution >= 4 is 145 Å². The molecule has 3 N–H and O–H groups in total. The third kappa shape index (κ3) is 24.0. The first-order valence-corrected chi connectivity index (χ1v) is 47.4. The smallest absolute Gasteiger partial charge is 0.427 e. The van der Waals surface area contributed by atoms with E-state index in [1.165, 1.54) is 45.6 Å². The first-order valence-electron chi connectivity index (χ1n) is 45.8. The van der Waals surface area contributed by atoms with Crippen molar-refractivity contribution in [1.29, 1.82) is 0 Å². The number of rotatable bonds is 17. The lowest BCUT2D eigenvalue weighted by atomic mass is 10.0. The summed E-state index contributed by atoms with van der Waals surface area (Å²) in [5.41, 5.74) is 3.24. The number of amides is 6. The van der Waals surface area contributed by atoms with Crippen LogP contribution in [0.1, 0.15) is 250 Å². The molecular weight excluding hydrogens is 1900 g/mol. The van der Waals surface area contributed by atoms with Gasteiger partial charge in [0.2, 0.25) is 29.7 Å². The number of carbonyl (C=O) groups is 6. The molecule has 2 saturated heterocycles. The van der Waals surface area contributed by atoms with Crippen LogP contribution in [0.15, 0.2) is 111 Å². The van der Waals surface area contributed by atoms with Crippen molar-refractivity contribution in [1.82, 2.24) is 83.3 Å². The number of carbonyl (C=O) groups excluding carboxylic acids is 6. The zero-order chi connectivity index (χ0) is 105. The Bertz CT molecular complexity index is 6900. The van der Waals surface area contributed by atoms with E-state index in [9.17, 15) is 47.9 Å². The topological polar surface area (TPSA) is 425 Å². The predicted molar refractivity (Wildman–Crippen MR) is 542 cm³/mol. The Morgan fingerprint density at radius 3 is 1.03 bits per heavy atom. The molecule has 0 spiro atoms. The highest BCUT2D eigenvalue weighted by molar-refractivity contribution is 6.41. The molecule has 0 unspecified atom stereocenters. The summed E-state index contributed by atoms with van der Waals surface area (Å²) in [7, 11) is 0. The number of aromatic nitrogens is 15. The molecular formula is C99H118Cl4F2N22O14. The number of ether oxygens (including phenoxy) is 4. The summed E-state index contributed by atoms with van der Waals surface area (Å²) in [6, 6.07) is 16.3. The van der Waals surface area contributed by atoms with Crippen molar-refractivity contribution in [2.75, 3.05) is 64.6 Å². The minimum atomic E-state index is -1.06. The van der Waals surface area contributed by atoms with E-state index >= 15 is 8.78 Å². The molecule has 13 rings (SSSR count). The van der Waals surface area contributed by atoms with E-state index in [4.69, 9.17) is 91.0 Å². The first kappa shape index (κ1) is 108. The third-order valence-corrected chi connectivity index (χ3v) is 23.1. The average Bonchev–Trinajstić information content (AvgIpc) is 0.733. The fraction of sp³-hybridized carbons (Fsp3) is 0.444. The second-order valence-electron chi connectivity index (χ2n) is 39.7. The number of hydrogen-bond donors (Lipinski definition) is 2. The van der Waals surface area contributed by atoms with Crippen LogP contribution in [0.25, 0.3) is 72.7 Å². The monoisotopic (exact) mass is 2020 g/mol. The fourth-order valence-corrected chi connectivity index (χ4v) is 16.5. The molecule has 2 aliphatic heterocycles. The highest BCUT2D eigenvalue weighted by Gasteiger charge is 2.42. The SMILES string of the molecule is C=CC(=O)N1CCN(c2nc(=O)n(-c3c(C(C)C)nc(N(C(=O)OC(C)(C)C)C(=O)OC(C)(C)C)nc3C(C)C)c3nc(-c4ccccc4F)c(Cl)cc23)[C@@H](C)C1.C=CC(=O)N1CCN(c2nc(=O)n(-c3c(C(C)C)nc(N)nc3C(C)C)c3nc(-c4ccccc4F)c(Cl)cc23)[C@@H](C)C1.CC(C)c1nc(N(C(=O)OC(C)(C)C)C(=O)OC(C)(C)C)nc(C(C)C)c1-n1c(=O)[nH]c(=O)c2cc(Cl)c(Cl)nc21. The lowest BCUT2D eigenvalue weighted by Gasteiger charge is -2.40. The number of aromatic amines is 1. The van der Waals surface area contributed by atoms with E-state index < -0.39 is 92.9 Å². The molecule has 9 aromatic heterocycles. The maximum absolute atomic E-state index is 15.4. The fourth-order valence-electron chi connectivity index (χ4n) is 15.7. The second-order valence-corrected chi connectivity index (χ2v) is 41.3. The molecule has 2 atom stereocenters. The Labute approximate surface area is 834 Å². The number of anilines is 5. The molecule has 2 fully saturated rings. The Balaban J connectivity index is 0.000000206. The zero-order valence-electron chi connectivity index (χ0n) is 83.8. The molecule has 0 saturated carbocycles. The van der Waals surface area contributed by atoms with Gasteiger partial charge in [-0.05, 0) is 187 Å². The number of fused-ring (bicyclic) bond motifs is 3. The molecule has 6 amide bonds. The molecule has 2 aliphatic rings. The van der Waals surface area contributed by atoms with Gasteiger partial charge < -0.3 is 44.3 Å². The van der Waals surface area contributed by atoms with Crippen LogP contribution in [0.3, 0.4) is 0 Å². The molecule has 11 heterocycles. The van der Waals surface area contributed by atoms with Gasteiger partial charge in [0.1, 0.15) is 50.8 Å². The number of nitrogens with zero attached hydrogens (tertiary/aromatic N) is 20. The van der Waals surface area contributed by atoms with E-state index in [2.05, 4.69) is 53.0 Å². The number of piperazine rings is 2. The standard InChI is InChI=1S/C41H50ClFN8O6.C31H34ClFN8O2.C27H34Cl2N6O6/c1-13-29(52)48-18-19-49(24(6)21-48)34-26-20-27(42)32(25-16-14-15-17-28(25)43)44-35(26)50(37(53)47-34)33-30(22(2)3)45-36(46-31(33)23(4)5)51(38(54)56-40(7,8)9)39(55)57-41(10,11)12;1-7-23(42)39-12-13-40(18(6)15-39)28-20-14-21(32)26(19-10-8-9-11-22(19)33)35-29(20)41(31(43)38-28)27-24(16(2)3)36-30(34)37-25(27)17(4)5;1-12(2)16-18(34-20-14(21(36)33-23(34)37)11-15(28)19(29)32-20)17(13(3)4)31-22(30-16)35(24(38)40-26(5,6)7)25(39)41-27(8,9)10/h13-17,20,22-24H,1,18-19,21H2,2-12H3;7-11,14,16-18H,1,12-13,15H2,2-6H3,(H2,34,36,37);11-13H,1-10H3,(H,33,36,37)/t24-;18-;/m00./s1. The van der Waals surface area contributed by atoms with E-state index in [1.807, 2.05) is 79.0 Å². The Morgan fingerprint density at radius 2 is 0.730 bits per heavy atom. The predicted octanol–water partition coefficient (Wildman–Crippen LogP) is 19.4. The minimum Gasteiger partial charge on any atom is -0.443 e. The largest absolute Gasteiger partial charge is 0.443 e. The van der Waals surface area contributed by atoms with Gasteiger partial charge in [-0.25, -0.2) is 101 Å². The van der Waals surface area contributed by atoms with Crippen molar-refractivity contribution < 1.29 is 56.5 Å². The number of nitrogens with one attached hydrogen (secondary N) is 1. The van der Waals surface area contributed by atoms with Crippen LogP contribution in [0.5, 0.6) is 0 Å². The lowest BCUT2D eigenvalue weighted by Crippen LogP contribution is -2.54. The van der Waals surface area contributed by atoms with Gasteiger partial charge in [0.15, 0.2) is 16.9 Å². The lowest BCUT2D eigenvalue weighted by molar-refractivity contribution is -0.127. The Morgan fingerprint density at radius 1 is 0.433 bits per heavy atom. The number of pyridine rings is 3. The van der Waals surface area contributed by atoms with Crippen LogP contribution in [-0.2, 0) is 28.5 Å². The van der Waals surface area contributed by atoms with Crippen LogP contribution in [-0.4, -0.2) is 193 Å². The molecule has 11 aromatic rings. The van der Waals surface area contributed by atoms with Crippen LogP contribution in [0.4, 0.5) is 57.4 Å². The number of imide groups is 2. The number of nitrogen functional groups attached to an aromatic ring is 1. The van der Waals surface area contributed by atoms with E-state index in [0.29, 0.717) is 82.7 Å². The number of hydrogen-bond acceptors (Lipinski definition) is 28. The van der Waals surface area contributed by atoms with Crippen molar-refractivity contribution in [3.8, 4) is 39.6 Å². The molecule has 0 radical (unpaired) electrons. The van der Waals surface area contributed by atoms with Gasteiger partial charge in [0.25, 0.3) is 5.56 Å². The number of benzene rings is 2. The summed E-state index contributed by atoms with van der Waals surface area (Å²) in [4.78, 5) is 196. The Hall–Kier alpha value is -13.3. The highest BCUT2D eigenvalue weighted by Crippen LogP contribution is 2.43. The van der Waals surface area contributed by atoms with Gasteiger partial charge in [0, 0.05) is 62.5 Å². The summed E-state index contributed by atoms with van der Waals surface area (Å²) < 4.78 is 56.5. The van der Waals surface area contributed by atoms with Gasteiger partial charge in [-0.1, -0.05) is 167 Å². The molecule has 2 aromatic carbocycles. The summed E-state index contributed by atoms with van der Waals surface area (Å²) in [6.45, 7) is 55.5. The molecule has 42 heteroatoms. The van der Waals surface area contributed by atoms with Gasteiger partial charge >= 0.3 is 41.4 Å². The third-order valence-electron chi connectivity index (χ3n) is 21.9. The molecule has 0 bridgehead atoms. The second kappa shape index (κ2) is 42.6.